The van der Waals surface area contributed by atoms with Gasteiger partial charge in [-0.15, -0.1) is 0 Å². The van der Waals surface area contributed by atoms with Crippen molar-refractivity contribution in [3.63, 3.8) is 0 Å². The minimum atomic E-state index is -0.969. The number of urea groups is 1. The van der Waals surface area contributed by atoms with Gasteiger partial charge >= 0.3 is 6.03 Å². The number of carbonyl (C=O) groups excluding carboxylic acids is 3. The number of carbonyl (C=O) groups is 3. The Morgan fingerprint density at radius 1 is 1.24 bits per heavy atom. The highest BCUT2D eigenvalue weighted by Gasteiger charge is 2.45. The van der Waals surface area contributed by atoms with E-state index in [1.165, 1.54) is 4.90 Å². The molecule has 110 valence electrons. The third-order valence-electron chi connectivity index (χ3n) is 3.68. The minimum Gasteiger partial charge on any atom is -0.277 e. The SMILES string of the molecule is O=C1NC(=O)N(C2CCSC2)C(=O)C1c1ccccc1Br. The Balaban J connectivity index is 1.96. The van der Waals surface area contributed by atoms with E-state index in [1.807, 2.05) is 6.07 Å². The van der Waals surface area contributed by atoms with Crippen LogP contribution in [0.3, 0.4) is 0 Å². The molecule has 0 spiro atoms. The van der Waals surface area contributed by atoms with Crippen LogP contribution in [0.1, 0.15) is 17.9 Å². The molecule has 2 aliphatic rings. The zero-order valence-corrected chi connectivity index (χ0v) is 13.4. The molecule has 4 amide bonds. The van der Waals surface area contributed by atoms with Gasteiger partial charge < -0.3 is 0 Å². The minimum absolute atomic E-state index is 0.124. The second-order valence-corrected chi connectivity index (χ2v) is 6.98. The molecule has 0 bridgehead atoms. The number of benzene rings is 1. The molecule has 5 nitrogen and oxygen atoms in total. The molecule has 1 N–H and O–H groups in total. The molecule has 1 aromatic carbocycles. The van der Waals surface area contributed by atoms with Crippen LogP contribution in [-0.4, -0.2) is 40.3 Å². The van der Waals surface area contributed by atoms with Gasteiger partial charge in [-0.25, -0.2) is 4.79 Å². The van der Waals surface area contributed by atoms with E-state index in [2.05, 4.69) is 21.2 Å². The number of nitrogens with zero attached hydrogens (tertiary/aromatic N) is 1. The lowest BCUT2D eigenvalue weighted by Gasteiger charge is -2.34. The van der Waals surface area contributed by atoms with E-state index >= 15 is 0 Å². The van der Waals surface area contributed by atoms with Crippen LogP contribution < -0.4 is 5.32 Å². The largest absolute Gasteiger partial charge is 0.331 e. The third kappa shape index (κ3) is 2.60. The molecule has 7 heteroatoms. The maximum Gasteiger partial charge on any atom is 0.331 e. The molecule has 3 rings (SSSR count). The van der Waals surface area contributed by atoms with E-state index in [0.29, 0.717) is 10.0 Å². The number of hydrogen-bond donors (Lipinski definition) is 1. The Labute approximate surface area is 134 Å². The van der Waals surface area contributed by atoms with Gasteiger partial charge in [-0.2, -0.15) is 11.8 Å². The molecular weight excluding hydrogens is 356 g/mol. The summed E-state index contributed by atoms with van der Waals surface area (Å²) in [5.74, 6) is -0.295. The van der Waals surface area contributed by atoms with Crippen molar-refractivity contribution in [1.82, 2.24) is 10.2 Å². The van der Waals surface area contributed by atoms with Crippen LogP contribution in [0.5, 0.6) is 0 Å². The lowest BCUT2D eigenvalue weighted by atomic mass is 9.94. The van der Waals surface area contributed by atoms with Gasteiger partial charge in [-0.3, -0.25) is 19.8 Å². The maximum absolute atomic E-state index is 12.7. The fourth-order valence-corrected chi connectivity index (χ4v) is 4.35. The summed E-state index contributed by atoms with van der Waals surface area (Å²) in [7, 11) is 0. The van der Waals surface area contributed by atoms with Crippen LogP contribution in [0.4, 0.5) is 4.79 Å². The monoisotopic (exact) mass is 368 g/mol. The van der Waals surface area contributed by atoms with Crippen LogP contribution in [0.25, 0.3) is 0 Å². The lowest BCUT2D eigenvalue weighted by molar-refractivity contribution is -0.139. The summed E-state index contributed by atoms with van der Waals surface area (Å²) >= 11 is 5.08. The third-order valence-corrected chi connectivity index (χ3v) is 5.55. The second-order valence-electron chi connectivity index (χ2n) is 4.97. The Morgan fingerprint density at radius 3 is 2.67 bits per heavy atom. The number of imide groups is 2. The Kier molecular flexibility index (Phi) is 4.03. The van der Waals surface area contributed by atoms with Crippen LogP contribution in [0.2, 0.25) is 0 Å². The highest BCUT2D eigenvalue weighted by Crippen LogP contribution is 2.32. The molecule has 0 saturated carbocycles. The van der Waals surface area contributed by atoms with Gasteiger partial charge in [0.2, 0.25) is 11.8 Å². The number of amides is 4. The number of hydrogen-bond acceptors (Lipinski definition) is 4. The average Bonchev–Trinajstić information content (AvgIpc) is 2.94. The fourth-order valence-electron chi connectivity index (χ4n) is 2.64. The summed E-state index contributed by atoms with van der Waals surface area (Å²) < 4.78 is 0.689. The van der Waals surface area contributed by atoms with Gasteiger partial charge in [0, 0.05) is 10.2 Å². The van der Waals surface area contributed by atoms with Crippen LogP contribution in [0, 0.1) is 0 Å². The number of rotatable bonds is 2. The van der Waals surface area contributed by atoms with Gasteiger partial charge in [0.15, 0.2) is 0 Å². The average molecular weight is 369 g/mol. The molecule has 0 radical (unpaired) electrons. The summed E-state index contributed by atoms with van der Waals surface area (Å²) in [6.07, 6.45) is 0.778. The van der Waals surface area contributed by atoms with E-state index < -0.39 is 23.8 Å². The first-order valence-electron chi connectivity index (χ1n) is 6.59. The van der Waals surface area contributed by atoms with Crippen molar-refractivity contribution in [1.29, 1.82) is 0 Å². The van der Waals surface area contributed by atoms with Crippen molar-refractivity contribution < 1.29 is 14.4 Å². The quantitative estimate of drug-likeness (QED) is 0.811. The molecule has 1 aromatic rings. The zero-order chi connectivity index (χ0) is 15.0. The van der Waals surface area contributed by atoms with E-state index in [-0.39, 0.29) is 6.04 Å². The molecule has 2 unspecified atom stereocenters. The van der Waals surface area contributed by atoms with E-state index in [0.717, 1.165) is 17.9 Å². The highest BCUT2D eigenvalue weighted by molar-refractivity contribution is 9.10. The maximum atomic E-state index is 12.7. The Hall–Kier alpha value is -1.34. The highest BCUT2D eigenvalue weighted by atomic mass is 79.9. The zero-order valence-electron chi connectivity index (χ0n) is 11.0. The topological polar surface area (TPSA) is 66.5 Å². The van der Waals surface area contributed by atoms with E-state index in [4.69, 9.17) is 0 Å². The van der Waals surface area contributed by atoms with Gasteiger partial charge in [0.25, 0.3) is 0 Å². The first-order chi connectivity index (χ1) is 10.1. The number of halogens is 1. The van der Waals surface area contributed by atoms with Gasteiger partial charge in [0.1, 0.15) is 5.92 Å². The number of barbiturate groups is 1. The summed E-state index contributed by atoms with van der Waals surface area (Å²) in [5, 5.41) is 2.31. The van der Waals surface area contributed by atoms with Crippen LogP contribution in [-0.2, 0) is 9.59 Å². The molecule has 0 aliphatic carbocycles. The molecular formula is C14H13BrN2O3S. The smallest absolute Gasteiger partial charge is 0.277 e. The first-order valence-corrected chi connectivity index (χ1v) is 8.54. The van der Waals surface area contributed by atoms with Crippen molar-refractivity contribution in [3.05, 3.63) is 34.3 Å². The second kappa shape index (κ2) is 5.81. The standard InChI is InChI=1S/C14H13BrN2O3S/c15-10-4-2-1-3-9(10)11-12(18)16-14(20)17(13(11)19)8-5-6-21-7-8/h1-4,8,11H,5-7H2,(H,16,18,20). The summed E-state index contributed by atoms with van der Waals surface area (Å²) in [6, 6.07) is 6.37. The number of nitrogens with one attached hydrogen (secondary N) is 1. The van der Waals surface area contributed by atoms with Crippen molar-refractivity contribution in [2.24, 2.45) is 0 Å². The first kappa shape index (κ1) is 14.6. The van der Waals surface area contributed by atoms with Gasteiger partial charge in [-0.05, 0) is 23.8 Å². The Bertz CT molecular complexity index is 616. The molecule has 2 fully saturated rings. The van der Waals surface area contributed by atoms with Crippen molar-refractivity contribution in [3.8, 4) is 0 Å². The lowest BCUT2D eigenvalue weighted by Crippen LogP contribution is -2.60. The van der Waals surface area contributed by atoms with E-state index in [9.17, 15) is 14.4 Å². The predicted molar refractivity (Wildman–Crippen MR) is 83.0 cm³/mol. The summed E-state index contributed by atoms with van der Waals surface area (Å²) in [4.78, 5) is 38.1. The number of thioether (sulfide) groups is 1. The van der Waals surface area contributed by atoms with Crippen molar-refractivity contribution >= 4 is 45.5 Å². The normalized spacial score (nSPS) is 26.1. The molecule has 2 heterocycles. The van der Waals surface area contributed by atoms with Gasteiger partial charge in [-0.1, -0.05) is 34.1 Å². The molecule has 2 saturated heterocycles. The van der Waals surface area contributed by atoms with Crippen LogP contribution in [0.15, 0.2) is 28.7 Å². The molecule has 0 aromatic heterocycles. The van der Waals surface area contributed by atoms with E-state index in [1.54, 1.807) is 30.0 Å². The molecule has 2 aliphatic heterocycles. The van der Waals surface area contributed by atoms with Crippen molar-refractivity contribution in [2.75, 3.05) is 11.5 Å². The molecule has 2 atom stereocenters. The van der Waals surface area contributed by atoms with Crippen LogP contribution >= 0.6 is 27.7 Å². The van der Waals surface area contributed by atoms with Crippen molar-refractivity contribution in [2.45, 2.75) is 18.4 Å². The summed E-state index contributed by atoms with van der Waals surface area (Å²) in [5.41, 5.74) is 0.586. The predicted octanol–water partition coefficient (Wildman–Crippen LogP) is 2.12. The Morgan fingerprint density at radius 2 is 2.00 bits per heavy atom. The van der Waals surface area contributed by atoms with Gasteiger partial charge in [0.05, 0.1) is 6.04 Å². The molecule has 21 heavy (non-hydrogen) atoms. The summed E-state index contributed by atoms with van der Waals surface area (Å²) in [6.45, 7) is 0. The fraction of sp³-hybridized carbons (Fsp3) is 0.357.